The van der Waals surface area contributed by atoms with Crippen molar-refractivity contribution >= 4 is 33.4 Å². The number of nitrogens with one attached hydrogen (secondary N) is 2. The Hall–Kier alpha value is -4.08. The van der Waals surface area contributed by atoms with Gasteiger partial charge in [-0.1, -0.05) is 0 Å². The lowest BCUT2D eigenvalue weighted by Crippen LogP contribution is -2.16. The molecule has 0 fully saturated rings. The first kappa shape index (κ1) is 17.0. The second-order valence-corrected chi connectivity index (χ2v) is 6.41. The van der Waals surface area contributed by atoms with E-state index in [0.717, 1.165) is 6.07 Å². The maximum Gasteiger partial charge on any atom is 0.261 e. The van der Waals surface area contributed by atoms with Crippen LogP contribution in [-0.2, 0) is 7.05 Å². The summed E-state index contributed by atoms with van der Waals surface area (Å²) in [5.74, 6) is -2.83. The van der Waals surface area contributed by atoms with E-state index < -0.39 is 23.1 Å². The van der Waals surface area contributed by atoms with Gasteiger partial charge < -0.3 is 9.73 Å². The largest absolute Gasteiger partial charge is 0.451 e. The molecule has 3 heterocycles. The molecular formula is C19H12F2N6O2. The van der Waals surface area contributed by atoms with Gasteiger partial charge in [-0.2, -0.15) is 10.2 Å². The summed E-state index contributed by atoms with van der Waals surface area (Å²) in [4.78, 5) is 16.7. The molecule has 0 saturated carbocycles. The number of hydrogen-bond donors (Lipinski definition) is 2. The van der Waals surface area contributed by atoms with Crippen molar-refractivity contribution in [3.8, 4) is 11.4 Å². The number of amides is 1. The van der Waals surface area contributed by atoms with Gasteiger partial charge in [-0.15, -0.1) is 0 Å². The van der Waals surface area contributed by atoms with E-state index in [1.165, 1.54) is 23.5 Å². The van der Waals surface area contributed by atoms with Gasteiger partial charge in [0.25, 0.3) is 5.91 Å². The first-order chi connectivity index (χ1) is 14.0. The highest BCUT2D eigenvalue weighted by molar-refractivity contribution is 6.08. The minimum Gasteiger partial charge on any atom is -0.451 e. The molecule has 0 unspecified atom stereocenters. The van der Waals surface area contributed by atoms with Crippen LogP contribution in [0.3, 0.4) is 0 Å². The average molecular weight is 394 g/mol. The number of aromatic nitrogens is 5. The summed E-state index contributed by atoms with van der Waals surface area (Å²) in [6.07, 6.45) is 3.97. The minimum absolute atomic E-state index is 0.0673. The molecular weight excluding hydrogens is 382 g/mol. The van der Waals surface area contributed by atoms with Crippen LogP contribution in [0.5, 0.6) is 0 Å². The number of benzene rings is 2. The van der Waals surface area contributed by atoms with E-state index in [-0.39, 0.29) is 10.9 Å². The zero-order chi connectivity index (χ0) is 20.1. The molecule has 0 aliphatic carbocycles. The molecule has 0 aliphatic rings. The molecule has 0 radical (unpaired) electrons. The quantitative estimate of drug-likeness (QED) is 0.487. The second-order valence-electron chi connectivity index (χ2n) is 6.41. The molecule has 0 aliphatic heterocycles. The molecule has 5 aromatic rings. The Morgan fingerprint density at radius 1 is 1.24 bits per heavy atom. The molecule has 0 atom stereocenters. The first-order valence-corrected chi connectivity index (χ1v) is 8.50. The fraction of sp³-hybridized carbons (Fsp3) is 0.0526. The van der Waals surface area contributed by atoms with Crippen LogP contribution in [0.25, 0.3) is 33.2 Å². The predicted octanol–water partition coefficient (Wildman–Crippen LogP) is 3.64. The number of anilines is 1. The summed E-state index contributed by atoms with van der Waals surface area (Å²) in [5, 5.41) is 14.2. The van der Waals surface area contributed by atoms with E-state index in [1.807, 2.05) is 0 Å². The molecule has 3 aromatic heterocycles. The van der Waals surface area contributed by atoms with E-state index >= 15 is 0 Å². The Morgan fingerprint density at radius 3 is 2.90 bits per heavy atom. The fourth-order valence-electron chi connectivity index (χ4n) is 3.24. The molecule has 2 aromatic carbocycles. The SMILES string of the molecule is Cn1ncc2c(F)c(C(=O)Nc3ccc4[nH]nc(-c5cocn5)c4c3)c(F)cc21. The van der Waals surface area contributed by atoms with Crippen molar-refractivity contribution in [2.24, 2.45) is 7.05 Å². The molecule has 8 nitrogen and oxygen atoms in total. The lowest BCUT2D eigenvalue weighted by Gasteiger charge is -2.08. The maximum atomic E-state index is 14.8. The highest BCUT2D eigenvalue weighted by atomic mass is 19.1. The van der Waals surface area contributed by atoms with E-state index in [1.54, 1.807) is 25.2 Å². The van der Waals surface area contributed by atoms with Crippen molar-refractivity contribution < 1.29 is 18.0 Å². The van der Waals surface area contributed by atoms with Gasteiger partial charge in [0.2, 0.25) is 0 Å². The van der Waals surface area contributed by atoms with Gasteiger partial charge in [-0.3, -0.25) is 14.6 Å². The monoisotopic (exact) mass is 394 g/mol. The summed E-state index contributed by atoms with van der Waals surface area (Å²) in [7, 11) is 1.56. The van der Waals surface area contributed by atoms with Crippen molar-refractivity contribution in [1.82, 2.24) is 25.0 Å². The van der Waals surface area contributed by atoms with Crippen LogP contribution in [0.2, 0.25) is 0 Å². The highest BCUT2D eigenvalue weighted by Gasteiger charge is 2.22. The smallest absolute Gasteiger partial charge is 0.261 e. The number of H-pyrrole nitrogens is 1. The van der Waals surface area contributed by atoms with E-state index in [0.29, 0.717) is 28.0 Å². The molecule has 1 amide bonds. The third-order valence-electron chi connectivity index (χ3n) is 4.67. The summed E-state index contributed by atoms with van der Waals surface area (Å²) in [6.45, 7) is 0. The van der Waals surface area contributed by atoms with E-state index in [9.17, 15) is 13.6 Å². The van der Waals surface area contributed by atoms with Gasteiger partial charge in [-0.05, 0) is 18.2 Å². The summed E-state index contributed by atoms with van der Waals surface area (Å²) in [5.41, 5.74) is 1.68. The van der Waals surface area contributed by atoms with Crippen LogP contribution >= 0.6 is 0 Å². The zero-order valence-electron chi connectivity index (χ0n) is 14.9. The van der Waals surface area contributed by atoms with Crippen molar-refractivity contribution in [3.63, 3.8) is 0 Å². The summed E-state index contributed by atoms with van der Waals surface area (Å²) in [6, 6.07) is 6.02. The third kappa shape index (κ3) is 2.64. The highest BCUT2D eigenvalue weighted by Crippen LogP contribution is 2.29. The topological polar surface area (TPSA) is 102 Å². The number of aromatic amines is 1. The van der Waals surface area contributed by atoms with E-state index in [4.69, 9.17) is 4.42 Å². The fourth-order valence-corrected chi connectivity index (χ4v) is 3.24. The van der Waals surface area contributed by atoms with Gasteiger partial charge in [0.15, 0.2) is 6.39 Å². The molecule has 10 heteroatoms. The van der Waals surface area contributed by atoms with Crippen LogP contribution < -0.4 is 5.32 Å². The van der Waals surface area contributed by atoms with Crippen LogP contribution in [0.1, 0.15) is 10.4 Å². The lowest BCUT2D eigenvalue weighted by molar-refractivity contribution is 0.101. The van der Waals surface area contributed by atoms with Gasteiger partial charge in [0, 0.05) is 24.2 Å². The third-order valence-corrected chi connectivity index (χ3v) is 4.67. The molecule has 29 heavy (non-hydrogen) atoms. The standard InChI is InChI=1S/C19H12F2N6O2/c1-27-15-5-12(20)16(17(21)11(15)6-23-27)19(28)24-9-2-3-13-10(4-9)18(26-25-13)14-7-29-8-22-14/h2-8H,1H3,(H,24,28)(H,25,26). The predicted molar refractivity (Wildman–Crippen MR) is 100 cm³/mol. The summed E-state index contributed by atoms with van der Waals surface area (Å²) < 4.78 is 35.5. The van der Waals surface area contributed by atoms with Gasteiger partial charge in [-0.25, -0.2) is 13.8 Å². The Labute approximate surface area is 161 Å². The van der Waals surface area contributed by atoms with E-state index in [2.05, 4.69) is 25.6 Å². The number of carbonyl (C=O) groups excluding carboxylic acids is 1. The van der Waals surface area contributed by atoms with Gasteiger partial charge in [0.1, 0.15) is 34.8 Å². The van der Waals surface area contributed by atoms with Crippen LogP contribution in [0.15, 0.2) is 47.5 Å². The average Bonchev–Trinajstić information content (AvgIpc) is 3.42. The number of hydrogen-bond acceptors (Lipinski definition) is 5. The lowest BCUT2D eigenvalue weighted by atomic mass is 10.1. The number of rotatable bonds is 3. The number of oxazole rings is 1. The Balaban J connectivity index is 1.53. The van der Waals surface area contributed by atoms with Crippen molar-refractivity contribution in [2.75, 3.05) is 5.32 Å². The van der Waals surface area contributed by atoms with Gasteiger partial charge >= 0.3 is 0 Å². The van der Waals surface area contributed by atoms with Crippen molar-refractivity contribution in [1.29, 1.82) is 0 Å². The van der Waals surface area contributed by atoms with Crippen molar-refractivity contribution in [3.05, 3.63) is 60.3 Å². The molecule has 144 valence electrons. The first-order valence-electron chi connectivity index (χ1n) is 8.50. The molecule has 5 rings (SSSR count). The number of fused-ring (bicyclic) bond motifs is 2. The maximum absolute atomic E-state index is 14.8. The second kappa shape index (κ2) is 6.23. The van der Waals surface area contributed by atoms with Crippen LogP contribution in [0.4, 0.5) is 14.5 Å². The van der Waals surface area contributed by atoms with Crippen LogP contribution in [-0.4, -0.2) is 30.9 Å². The molecule has 2 N–H and O–H groups in total. The minimum atomic E-state index is -0.969. The Kier molecular flexibility index (Phi) is 3.66. The molecule has 0 saturated heterocycles. The normalized spacial score (nSPS) is 11.4. The van der Waals surface area contributed by atoms with Gasteiger partial charge in [0.05, 0.1) is 22.6 Å². The summed E-state index contributed by atoms with van der Waals surface area (Å²) >= 11 is 0. The Morgan fingerprint density at radius 2 is 2.10 bits per heavy atom. The molecule has 0 spiro atoms. The molecule has 0 bridgehead atoms. The Bertz CT molecular complexity index is 1390. The number of halogens is 2. The van der Waals surface area contributed by atoms with Crippen molar-refractivity contribution in [2.45, 2.75) is 0 Å². The number of carbonyl (C=O) groups is 1. The number of aryl methyl sites for hydroxylation is 1. The zero-order valence-corrected chi connectivity index (χ0v) is 14.9. The van der Waals surface area contributed by atoms with Crippen LogP contribution in [0, 0.1) is 11.6 Å². The number of nitrogens with zero attached hydrogens (tertiary/aromatic N) is 4.